The van der Waals surface area contributed by atoms with E-state index in [2.05, 4.69) is 4.98 Å². The minimum absolute atomic E-state index is 0.0352. The van der Waals surface area contributed by atoms with E-state index in [9.17, 15) is 4.79 Å². The Morgan fingerprint density at radius 1 is 1.05 bits per heavy atom. The zero-order chi connectivity index (χ0) is 14.8. The van der Waals surface area contributed by atoms with Crippen molar-refractivity contribution in [2.24, 2.45) is 0 Å². The number of aryl methyl sites for hydroxylation is 1. The molecule has 2 aromatic carbocycles. The summed E-state index contributed by atoms with van der Waals surface area (Å²) >= 11 is 0. The van der Waals surface area contributed by atoms with E-state index in [4.69, 9.17) is 9.47 Å². The van der Waals surface area contributed by atoms with Crippen LogP contribution in [0.25, 0.3) is 21.9 Å². The van der Waals surface area contributed by atoms with Crippen LogP contribution in [0.2, 0.25) is 0 Å². The van der Waals surface area contributed by atoms with Crippen LogP contribution in [0.15, 0.2) is 36.5 Å². The van der Waals surface area contributed by atoms with Crippen molar-refractivity contribution >= 4 is 16.6 Å². The largest absolute Gasteiger partial charge is 0.453 e. The number of benzene rings is 2. The van der Waals surface area contributed by atoms with Crippen molar-refractivity contribution in [3.63, 3.8) is 0 Å². The number of pyridine rings is 1. The number of fused-ring (bicyclic) bond motifs is 4. The molecule has 0 bridgehead atoms. The first kappa shape index (κ1) is 11.7. The van der Waals surface area contributed by atoms with Gasteiger partial charge in [-0.25, -0.2) is 0 Å². The summed E-state index contributed by atoms with van der Waals surface area (Å²) in [6.07, 6.45) is 1.68. The molecule has 0 saturated carbocycles. The van der Waals surface area contributed by atoms with Crippen molar-refractivity contribution in [3.8, 4) is 22.6 Å². The quantitative estimate of drug-likeness (QED) is 0.497. The molecule has 5 rings (SSSR count). The summed E-state index contributed by atoms with van der Waals surface area (Å²) in [6, 6.07) is 9.52. The topological polar surface area (TPSA) is 48.4 Å². The summed E-state index contributed by atoms with van der Waals surface area (Å²) in [6.45, 7) is 2.19. The smallest absolute Gasteiger partial charge is 0.231 e. The lowest BCUT2D eigenvalue weighted by Gasteiger charge is -2.21. The Hall–Kier alpha value is -2.88. The molecule has 2 aliphatic rings. The third kappa shape index (κ3) is 1.23. The number of carbonyl (C=O) groups excluding carboxylic acids is 1. The Kier molecular flexibility index (Phi) is 2.06. The molecule has 1 aliphatic heterocycles. The van der Waals surface area contributed by atoms with Crippen LogP contribution < -0.4 is 9.47 Å². The normalized spacial score (nSPS) is 14.3. The maximum atomic E-state index is 12.8. The van der Waals surface area contributed by atoms with Gasteiger partial charge in [0.15, 0.2) is 11.5 Å². The van der Waals surface area contributed by atoms with Crippen LogP contribution in [-0.2, 0) is 0 Å². The summed E-state index contributed by atoms with van der Waals surface area (Å²) < 4.78 is 11.4. The second-order valence-electron chi connectivity index (χ2n) is 5.52. The van der Waals surface area contributed by atoms with E-state index in [1.54, 1.807) is 6.20 Å². The van der Waals surface area contributed by atoms with Crippen LogP contribution >= 0.6 is 0 Å². The van der Waals surface area contributed by atoms with Gasteiger partial charge in [0.2, 0.25) is 12.6 Å². The van der Waals surface area contributed by atoms with Gasteiger partial charge in [0, 0.05) is 28.3 Å². The number of ether oxygens (including phenoxy) is 2. The Morgan fingerprint density at radius 2 is 1.82 bits per heavy atom. The minimum atomic E-state index is -0.0352. The fraction of sp³-hybridized carbons (Fsp3) is 0.111. The van der Waals surface area contributed by atoms with E-state index in [0.29, 0.717) is 11.3 Å². The van der Waals surface area contributed by atoms with Gasteiger partial charge in [0.1, 0.15) is 5.69 Å². The van der Waals surface area contributed by atoms with Crippen molar-refractivity contribution in [2.75, 3.05) is 6.79 Å². The number of ketones is 1. The van der Waals surface area contributed by atoms with Crippen molar-refractivity contribution in [2.45, 2.75) is 6.92 Å². The fourth-order valence-corrected chi connectivity index (χ4v) is 3.46. The average molecular weight is 289 g/mol. The molecule has 1 aliphatic carbocycles. The molecule has 22 heavy (non-hydrogen) atoms. The molecule has 3 aromatic rings. The van der Waals surface area contributed by atoms with Crippen LogP contribution in [-0.4, -0.2) is 17.6 Å². The van der Waals surface area contributed by atoms with E-state index in [1.807, 2.05) is 37.3 Å². The standard InChI is InChI=1S/C18H11NO3/c1-9-10-6-7-19-15-13(10)14(18-17(9)21-8-22-18)11-4-2-3-5-12(11)16(15)20/h2-7H,8H2,1H3. The summed E-state index contributed by atoms with van der Waals surface area (Å²) in [5.41, 5.74) is 3.96. The van der Waals surface area contributed by atoms with Gasteiger partial charge in [0.25, 0.3) is 0 Å². The number of rotatable bonds is 0. The van der Waals surface area contributed by atoms with Crippen molar-refractivity contribution < 1.29 is 14.3 Å². The van der Waals surface area contributed by atoms with Gasteiger partial charge in [-0.15, -0.1) is 0 Å². The Balaban J connectivity index is 2.09. The molecule has 4 nitrogen and oxygen atoms in total. The van der Waals surface area contributed by atoms with Crippen LogP contribution in [0.3, 0.4) is 0 Å². The first-order chi connectivity index (χ1) is 10.8. The van der Waals surface area contributed by atoms with Gasteiger partial charge in [0.05, 0.1) is 0 Å². The lowest BCUT2D eigenvalue weighted by molar-refractivity contribution is 0.103. The van der Waals surface area contributed by atoms with Crippen molar-refractivity contribution in [1.82, 2.24) is 4.98 Å². The van der Waals surface area contributed by atoms with Gasteiger partial charge < -0.3 is 9.47 Å². The molecule has 0 radical (unpaired) electrons. The molecule has 4 heteroatoms. The Morgan fingerprint density at radius 3 is 2.68 bits per heavy atom. The number of hydrogen-bond donors (Lipinski definition) is 0. The third-order valence-corrected chi connectivity index (χ3v) is 4.44. The third-order valence-electron chi connectivity index (χ3n) is 4.44. The second kappa shape index (κ2) is 3.85. The van der Waals surface area contributed by atoms with Gasteiger partial charge >= 0.3 is 0 Å². The summed E-state index contributed by atoms with van der Waals surface area (Å²) in [5, 5.41) is 1.86. The summed E-state index contributed by atoms with van der Waals surface area (Å²) in [4.78, 5) is 17.1. The number of carbonyl (C=O) groups is 1. The van der Waals surface area contributed by atoms with Gasteiger partial charge in [-0.2, -0.15) is 0 Å². The maximum Gasteiger partial charge on any atom is 0.231 e. The van der Waals surface area contributed by atoms with E-state index in [-0.39, 0.29) is 12.6 Å². The number of nitrogens with zero attached hydrogens (tertiary/aromatic N) is 1. The van der Waals surface area contributed by atoms with Crippen molar-refractivity contribution in [3.05, 3.63) is 53.3 Å². The maximum absolute atomic E-state index is 12.8. The van der Waals surface area contributed by atoms with Crippen molar-refractivity contribution in [1.29, 1.82) is 0 Å². The SMILES string of the molecule is Cc1c2c(c3c4c(nccc14)C(=O)c1ccccc1-3)OCO2. The highest BCUT2D eigenvalue weighted by molar-refractivity contribution is 6.26. The van der Waals surface area contributed by atoms with Crippen LogP contribution in [0.4, 0.5) is 0 Å². The van der Waals surface area contributed by atoms with Gasteiger partial charge in [-0.3, -0.25) is 9.78 Å². The van der Waals surface area contributed by atoms with E-state index in [1.165, 1.54) is 0 Å². The molecule has 0 atom stereocenters. The zero-order valence-corrected chi connectivity index (χ0v) is 11.8. The Bertz CT molecular complexity index is 991. The Labute approximate surface area is 126 Å². The van der Waals surface area contributed by atoms with Gasteiger partial charge in [-0.05, 0) is 23.9 Å². The highest BCUT2D eigenvalue weighted by Crippen LogP contribution is 2.52. The molecule has 0 N–H and O–H groups in total. The first-order valence-corrected chi connectivity index (χ1v) is 7.12. The molecule has 106 valence electrons. The van der Waals surface area contributed by atoms with Gasteiger partial charge in [-0.1, -0.05) is 24.3 Å². The van der Waals surface area contributed by atoms with E-state index >= 15 is 0 Å². The fourth-order valence-electron chi connectivity index (χ4n) is 3.46. The molecular weight excluding hydrogens is 278 g/mol. The second-order valence-corrected chi connectivity index (χ2v) is 5.52. The first-order valence-electron chi connectivity index (χ1n) is 7.12. The van der Waals surface area contributed by atoms with Crippen LogP contribution in [0.5, 0.6) is 11.5 Å². The molecule has 0 spiro atoms. The van der Waals surface area contributed by atoms with E-state index in [0.717, 1.165) is 39.0 Å². The minimum Gasteiger partial charge on any atom is -0.453 e. The summed E-state index contributed by atoms with van der Waals surface area (Å²) in [5.74, 6) is 1.45. The molecular formula is C18H11NO3. The van der Waals surface area contributed by atoms with Crippen LogP contribution in [0.1, 0.15) is 21.6 Å². The number of aromatic nitrogens is 1. The molecule has 0 amide bonds. The molecule has 0 saturated heterocycles. The highest BCUT2D eigenvalue weighted by Gasteiger charge is 2.33. The average Bonchev–Trinajstić information content (AvgIpc) is 3.04. The zero-order valence-electron chi connectivity index (χ0n) is 11.8. The molecule has 0 unspecified atom stereocenters. The molecule has 2 heterocycles. The molecule has 1 aromatic heterocycles. The lowest BCUT2D eigenvalue weighted by Crippen LogP contribution is -2.12. The lowest BCUT2D eigenvalue weighted by atomic mass is 9.83. The predicted octanol–water partition coefficient (Wildman–Crippen LogP) is 3.48. The van der Waals surface area contributed by atoms with Crippen LogP contribution in [0, 0.1) is 6.92 Å². The monoisotopic (exact) mass is 289 g/mol. The molecule has 0 fully saturated rings. The van der Waals surface area contributed by atoms with E-state index < -0.39 is 0 Å². The number of hydrogen-bond acceptors (Lipinski definition) is 4. The highest BCUT2D eigenvalue weighted by atomic mass is 16.7. The summed E-state index contributed by atoms with van der Waals surface area (Å²) in [7, 11) is 0. The predicted molar refractivity (Wildman–Crippen MR) is 81.5 cm³/mol.